The molecule has 0 unspecified atom stereocenters. The fourth-order valence-electron chi connectivity index (χ4n) is 4.85. The van der Waals surface area contributed by atoms with Gasteiger partial charge in [0.25, 0.3) is 0 Å². The van der Waals surface area contributed by atoms with Crippen LogP contribution in [-0.2, 0) is 0 Å². The summed E-state index contributed by atoms with van der Waals surface area (Å²) in [7, 11) is 0. The average molecular weight is 515 g/mol. The second kappa shape index (κ2) is 12.0. The molecule has 0 fully saturated rings. The first-order valence-electron chi connectivity index (χ1n) is 13.5. The van der Waals surface area contributed by atoms with Crippen LogP contribution in [0.2, 0.25) is 0 Å². The quantitative estimate of drug-likeness (QED) is 0.199. The maximum absolute atomic E-state index is 2.28. The highest BCUT2D eigenvalue weighted by Gasteiger charge is 2.12. The summed E-state index contributed by atoms with van der Waals surface area (Å²) in [4.78, 5) is 4.50. The monoisotopic (exact) mass is 514 g/mol. The van der Waals surface area contributed by atoms with Crippen LogP contribution in [0.25, 0.3) is 17.2 Å². The van der Waals surface area contributed by atoms with Crippen molar-refractivity contribution in [2.45, 2.75) is 0 Å². The van der Waals surface area contributed by atoms with E-state index in [2.05, 4.69) is 180 Å². The Balaban J connectivity index is 1.28. The third-order valence-electron chi connectivity index (χ3n) is 6.88. The molecule has 2 nitrogen and oxygen atoms in total. The fourth-order valence-corrected chi connectivity index (χ4v) is 4.85. The largest absolute Gasteiger partial charge is 0.317 e. The molecule has 0 heterocycles. The van der Waals surface area contributed by atoms with Gasteiger partial charge in [0.05, 0.1) is 0 Å². The Labute approximate surface area is 236 Å². The molecule has 0 spiro atoms. The van der Waals surface area contributed by atoms with Crippen molar-refractivity contribution < 1.29 is 0 Å². The summed E-state index contributed by atoms with van der Waals surface area (Å²) in [5.41, 5.74) is 9.15. The number of benzene rings is 6. The minimum Gasteiger partial charge on any atom is -0.317 e. The molecule has 0 N–H and O–H groups in total. The van der Waals surface area contributed by atoms with Crippen molar-refractivity contribution in [2.24, 2.45) is 0 Å². The molecule has 0 aliphatic carbocycles. The van der Waals surface area contributed by atoms with Gasteiger partial charge in [-0.25, -0.2) is 0 Å². The number of nitrogens with zero attached hydrogens (tertiary/aromatic N) is 2. The third kappa shape index (κ3) is 5.72. The summed E-state index contributed by atoms with van der Waals surface area (Å²) in [6.07, 6.45) is 4.28. The predicted molar refractivity (Wildman–Crippen MR) is 171 cm³/mol. The maximum Gasteiger partial charge on any atom is 0.0462 e. The molecule has 0 saturated heterocycles. The van der Waals surface area contributed by atoms with Crippen LogP contribution in [0.1, 0.15) is 5.56 Å². The minimum atomic E-state index is 1.11. The zero-order valence-electron chi connectivity index (χ0n) is 22.2. The van der Waals surface area contributed by atoms with Gasteiger partial charge in [0.1, 0.15) is 0 Å². The average Bonchev–Trinajstić information content (AvgIpc) is 3.04. The van der Waals surface area contributed by atoms with Gasteiger partial charge in [0.2, 0.25) is 0 Å². The van der Waals surface area contributed by atoms with Crippen LogP contribution in [0.15, 0.2) is 176 Å². The molecule has 6 aromatic carbocycles. The Morgan fingerprint density at radius 1 is 0.325 bits per heavy atom. The summed E-state index contributed by atoms with van der Waals surface area (Å²) in [6.45, 7) is 0. The molecular formula is C38H30N2. The van der Waals surface area contributed by atoms with E-state index in [4.69, 9.17) is 0 Å². The van der Waals surface area contributed by atoms with Crippen molar-refractivity contribution >= 4 is 34.5 Å². The first kappa shape index (κ1) is 25.0. The lowest BCUT2D eigenvalue weighted by atomic mass is 10.0. The van der Waals surface area contributed by atoms with Crippen molar-refractivity contribution in [3.63, 3.8) is 0 Å². The minimum absolute atomic E-state index is 1.11. The molecule has 6 aromatic rings. The van der Waals surface area contributed by atoms with Gasteiger partial charge >= 0.3 is 0 Å². The number of anilines is 5. The Hall–Kier alpha value is -5.34. The van der Waals surface area contributed by atoms with Gasteiger partial charge in [-0.1, -0.05) is 109 Å². The lowest BCUT2D eigenvalue weighted by Gasteiger charge is -2.25. The van der Waals surface area contributed by atoms with Crippen LogP contribution < -0.4 is 9.80 Å². The number of para-hydroxylation sites is 3. The van der Waals surface area contributed by atoms with E-state index in [1.54, 1.807) is 0 Å². The molecule has 0 aromatic heterocycles. The van der Waals surface area contributed by atoms with Crippen LogP contribution in [-0.4, -0.2) is 0 Å². The van der Waals surface area contributed by atoms with Gasteiger partial charge < -0.3 is 9.80 Å². The van der Waals surface area contributed by atoms with E-state index in [-0.39, 0.29) is 0 Å². The van der Waals surface area contributed by atoms with Gasteiger partial charge in [0, 0.05) is 34.6 Å². The van der Waals surface area contributed by atoms with Gasteiger partial charge in [-0.3, -0.25) is 0 Å². The van der Waals surface area contributed by atoms with Crippen LogP contribution in [0.3, 0.4) is 0 Å². The molecule has 0 aliphatic rings. The van der Waals surface area contributed by atoms with Crippen molar-refractivity contribution in [2.75, 3.05) is 9.80 Å². The van der Waals surface area contributed by atoms with Gasteiger partial charge in [-0.2, -0.15) is 0 Å². The molecule has 0 radical (unpaired) electrons. The molecule has 2 heteroatoms. The van der Waals surface area contributed by atoms with Crippen molar-refractivity contribution in [1.82, 2.24) is 0 Å². The Morgan fingerprint density at radius 2 is 0.675 bits per heavy atom. The van der Waals surface area contributed by atoms with Crippen LogP contribution in [0, 0.1) is 0 Å². The molecule has 0 atom stereocenters. The lowest BCUT2D eigenvalue weighted by molar-refractivity contribution is 1.28. The van der Waals surface area contributed by atoms with Crippen molar-refractivity contribution in [3.05, 3.63) is 182 Å². The van der Waals surface area contributed by atoms with E-state index in [0.29, 0.717) is 0 Å². The van der Waals surface area contributed by atoms with E-state index < -0.39 is 0 Å². The summed E-state index contributed by atoms with van der Waals surface area (Å²) in [5.74, 6) is 0. The molecule has 192 valence electrons. The van der Waals surface area contributed by atoms with Gasteiger partial charge in [-0.05, 0) is 83.4 Å². The highest BCUT2D eigenvalue weighted by Crippen LogP contribution is 2.36. The zero-order valence-corrected chi connectivity index (χ0v) is 22.2. The summed E-state index contributed by atoms with van der Waals surface area (Å²) < 4.78 is 0. The van der Waals surface area contributed by atoms with Crippen LogP contribution >= 0.6 is 0 Å². The Bertz CT molecular complexity index is 1600. The molecule has 40 heavy (non-hydrogen) atoms. The molecule has 0 saturated carbocycles. The normalized spacial score (nSPS) is 10.9. The fraction of sp³-hybridized carbons (Fsp3) is 0. The van der Waals surface area contributed by atoms with Crippen molar-refractivity contribution in [3.8, 4) is 11.1 Å². The number of hydrogen-bond acceptors (Lipinski definition) is 2. The first-order chi connectivity index (χ1) is 19.8. The molecule has 0 bridgehead atoms. The molecule has 0 aliphatic heterocycles. The summed E-state index contributed by atoms with van der Waals surface area (Å²) in [5, 5.41) is 0. The van der Waals surface area contributed by atoms with Crippen molar-refractivity contribution in [1.29, 1.82) is 0 Å². The smallest absolute Gasteiger partial charge is 0.0462 e. The van der Waals surface area contributed by atoms with E-state index in [1.165, 1.54) is 16.7 Å². The Morgan fingerprint density at radius 3 is 1.15 bits per heavy atom. The standard InChI is InChI=1S/C38H30N2/c1-5-13-31(14-6-1)29-30-39(34-15-7-2-8-16-34)35-25-21-32(22-26-35)33-23-27-38(28-24-33)40(36-17-9-3-10-18-36)37-19-11-4-12-20-37/h1-30H. The van der Waals surface area contributed by atoms with E-state index in [9.17, 15) is 0 Å². The third-order valence-corrected chi connectivity index (χ3v) is 6.88. The molecule has 0 amide bonds. The van der Waals surface area contributed by atoms with Gasteiger partial charge in [0.15, 0.2) is 0 Å². The molecule has 6 rings (SSSR count). The van der Waals surface area contributed by atoms with E-state index in [0.717, 1.165) is 28.4 Å². The number of rotatable bonds is 8. The van der Waals surface area contributed by atoms with Crippen LogP contribution in [0.4, 0.5) is 28.4 Å². The number of hydrogen-bond donors (Lipinski definition) is 0. The van der Waals surface area contributed by atoms with Gasteiger partial charge in [-0.15, -0.1) is 0 Å². The highest BCUT2D eigenvalue weighted by molar-refractivity contribution is 5.79. The Kier molecular flexibility index (Phi) is 7.50. The topological polar surface area (TPSA) is 6.48 Å². The predicted octanol–water partition coefficient (Wildman–Crippen LogP) is 10.6. The van der Waals surface area contributed by atoms with E-state index in [1.807, 2.05) is 12.1 Å². The summed E-state index contributed by atoms with van der Waals surface area (Å²) in [6, 6.07) is 59.4. The molecular weight excluding hydrogens is 484 g/mol. The second-order valence-corrected chi connectivity index (χ2v) is 9.53. The van der Waals surface area contributed by atoms with Crippen LogP contribution in [0.5, 0.6) is 0 Å². The van der Waals surface area contributed by atoms with E-state index >= 15 is 0 Å². The summed E-state index contributed by atoms with van der Waals surface area (Å²) >= 11 is 0. The second-order valence-electron chi connectivity index (χ2n) is 9.53. The lowest BCUT2D eigenvalue weighted by Crippen LogP contribution is -2.09. The highest BCUT2D eigenvalue weighted by atomic mass is 15.1. The first-order valence-corrected chi connectivity index (χ1v) is 13.5. The maximum atomic E-state index is 2.28. The zero-order chi connectivity index (χ0) is 27.0. The SMILES string of the molecule is C(=CN(c1ccccc1)c1ccc(-c2ccc(N(c3ccccc3)c3ccccc3)cc2)cc1)c1ccccc1.